The lowest BCUT2D eigenvalue weighted by molar-refractivity contribution is -0.132. The molecule has 5 nitrogen and oxygen atoms in total. The first-order valence-corrected chi connectivity index (χ1v) is 8.91. The molecule has 2 amide bonds. The number of anilines is 1. The molecule has 0 spiro atoms. The van der Waals surface area contributed by atoms with Crippen LogP contribution in [0.3, 0.4) is 0 Å². The van der Waals surface area contributed by atoms with E-state index >= 15 is 0 Å². The van der Waals surface area contributed by atoms with Crippen LogP contribution >= 0.6 is 0 Å². The van der Waals surface area contributed by atoms with Gasteiger partial charge < -0.3 is 15.1 Å². The smallest absolute Gasteiger partial charge is 0.247 e. The van der Waals surface area contributed by atoms with Crippen LogP contribution < -0.4 is 5.32 Å². The summed E-state index contributed by atoms with van der Waals surface area (Å²) in [5.41, 5.74) is 1.97. The number of nitrogens with zero attached hydrogens (tertiary/aromatic N) is 2. The predicted octanol–water partition coefficient (Wildman–Crippen LogP) is 2.86. The molecule has 0 aliphatic carbocycles. The van der Waals surface area contributed by atoms with E-state index in [4.69, 9.17) is 0 Å². The molecule has 1 aliphatic heterocycles. The molecule has 0 bridgehead atoms. The van der Waals surface area contributed by atoms with Crippen molar-refractivity contribution < 1.29 is 9.59 Å². The fourth-order valence-electron chi connectivity index (χ4n) is 2.96. The zero-order valence-electron chi connectivity index (χ0n) is 15.7. The summed E-state index contributed by atoms with van der Waals surface area (Å²) in [5.74, 6) is 0.214. The number of likely N-dealkylation sites (N-methyl/N-ethyl adjacent to an activating group) is 1. The number of carbonyl (C=O) groups is 2. The second-order valence-corrected chi connectivity index (χ2v) is 7.12. The number of carbonyl (C=O) groups excluding carboxylic acids is 2. The minimum atomic E-state index is -0.390. The Kier molecular flexibility index (Phi) is 6.76. The molecule has 1 aliphatic rings. The van der Waals surface area contributed by atoms with Gasteiger partial charge in [0, 0.05) is 24.9 Å². The Bertz CT molecular complexity index is 638. The van der Waals surface area contributed by atoms with Crippen molar-refractivity contribution in [3.63, 3.8) is 0 Å². The molecule has 1 atom stereocenters. The fraction of sp³-hybridized carbons (Fsp3) is 0.500. The summed E-state index contributed by atoms with van der Waals surface area (Å²) >= 11 is 0. The van der Waals surface area contributed by atoms with Crippen LogP contribution in [0.5, 0.6) is 0 Å². The Morgan fingerprint density at radius 2 is 2.12 bits per heavy atom. The Morgan fingerprint density at radius 3 is 2.80 bits per heavy atom. The summed E-state index contributed by atoms with van der Waals surface area (Å²) < 4.78 is 0. The van der Waals surface area contributed by atoms with Gasteiger partial charge in [0.05, 0.1) is 0 Å². The van der Waals surface area contributed by atoms with Crippen LogP contribution in [0.1, 0.15) is 38.2 Å². The van der Waals surface area contributed by atoms with E-state index in [1.807, 2.05) is 43.3 Å². The van der Waals surface area contributed by atoms with Gasteiger partial charge in [0.2, 0.25) is 11.8 Å². The summed E-state index contributed by atoms with van der Waals surface area (Å²) in [7, 11) is 3.90. The Balaban J connectivity index is 2.01. The number of rotatable bonds is 6. The van der Waals surface area contributed by atoms with E-state index in [2.05, 4.69) is 25.2 Å². The Hall–Kier alpha value is -2.14. The lowest BCUT2D eigenvalue weighted by Gasteiger charge is -2.23. The van der Waals surface area contributed by atoms with Gasteiger partial charge in [0.25, 0.3) is 0 Å². The Morgan fingerprint density at radius 1 is 1.36 bits per heavy atom. The van der Waals surface area contributed by atoms with Gasteiger partial charge in [-0.2, -0.15) is 0 Å². The maximum Gasteiger partial charge on any atom is 0.247 e. The molecule has 0 radical (unpaired) electrons. The number of hydrogen-bond donors (Lipinski definition) is 1. The highest BCUT2D eigenvalue weighted by molar-refractivity contribution is 5.99. The molecule has 5 heteroatoms. The fourth-order valence-corrected chi connectivity index (χ4v) is 2.96. The molecule has 136 valence electrons. The van der Waals surface area contributed by atoms with Crippen molar-refractivity contribution in [1.82, 2.24) is 9.80 Å². The van der Waals surface area contributed by atoms with Crippen molar-refractivity contribution in [2.24, 2.45) is 0 Å². The van der Waals surface area contributed by atoms with Gasteiger partial charge in [-0.25, -0.2) is 0 Å². The second-order valence-electron chi connectivity index (χ2n) is 7.12. The number of nitrogens with one attached hydrogen (secondary N) is 1. The summed E-state index contributed by atoms with van der Waals surface area (Å²) in [6, 6.07) is 7.51. The zero-order chi connectivity index (χ0) is 18.4. The van der Waals surface area contributed by atoms with Crippen molar-refractivity contribution in [3.05, 3.63) is 42.0 Å². The van der Waals surface area contributed by atoms with E-state index in [9.17, 15) is 9.59 Å². The second kappa shape index (κ2) is 8.81. The molecule has 1 heterocycles. The average molecular weight is 343 g/mol. The van der Waals surface area contributed by atoms with Crippen molar-refractivity contribution >= 4 is 17.5 Å². The molecule has 1 saturated heterocycles. The summed E-state index contributed by atoms with van der Waals surface area (Å²) in [6.07, 6.45) is 4.98. The van der Waals surface area contributed by atoms with E-state index in [0.717, 1.165) is 12.1 Å². The summed E-state index contributed by atoms with van der Waals surface area (Å²) in [4.78, 5) is 28.7. The highest BCUT2D eigenvalue weighted by Crippen LogP contribution is 2.22. The third-order valence-corrected chi connectivity index (χ3v) is 4.39. The van der Waals surface area contributed by atoms with Crippen LogP contribution in [0, 0.1) is 0 Å². The number of likely N-dealkylation sites (tertiary alicyclic amines) is 1. The van der Waals surface area contributed by atoms with Crippen molar-refractivity contribution in [2.45, 2.75) is 38.6 Å². The largest absolute Gasteiger partial charge is 0.327 e. The molecule has 1 fully saturated rings. The molecule has 1 N–H and O–H groups in total. The highest BCUT2D eigenvalue weighted by atomic mass is 16.2. The SMILES string of the molecule is CC(C)c1cccc(NC(=O)C2CCCN2C(=O)/C=C/CN(C)C)c1. The van der Waals surface area contributed by atoms with Crippen molar-refractivity contribution in [1.29, 1.82) is 0 Å². The molecule has 25 heavy (non-hydrogen) atoms. The summed E-state index contributed by atoms with van der Waals surface area (Å²) in [6.45, 7) is 5.59. The lowest BCUT2D eigenvalue weighted by atomic mass is 10.0. The van der Waals surface area contributed by atoms with E-state index in [1.54, 1.807) is 11.0 Å². The monoisotopic (exact) mass is 343 g/mol. The van der Waals surface area contributed by atoms with Crippen LogP contribution in [0.25, 0.3) is 0 Å². The van der Waals surface area contributed by atoms with Gasteiger partial charge in [0.1, 0.15) is 6.04 Å². The number of benzene rings is 1. The zero-order valence-corrected chi connectivity index (χ0v) is 15.7. The van der Waals surface area contributed by atoms with Crippen molar-refractivity contribution in [2.75, 3.05) is 32.5 Å². The lowest BCUT2D eigenvalue weighted by Crippen LogP contribution is -2.42. The maximum atomic E-state index is 12.7. The molecular weight excluding hydrogens is 314 g/mol. The third kappa shape index (κ3) is 5.43. The van der Waals surface area contributed by atoms with E-state index in [-0.39, 0.29) is 17.9 Å². The van der Waals surface area contributed by atoms with E-state index in [1.165, 1.54) is 5.56 Å². The minimum absolute atomic E-state index is 0.0876. The third-order valence-electron chi connectivity index (χ3n) is 4.39. The quantitative estimate of drug-likeness (QED) is 0.808. The van der Waals surface area contributed by atoms with Crippen LogP contribution in [0.4, 0.5) is 5.69 Å². The average Bonchev–Trinajstić information content (AvgIpc) is 3.04. The molecular formula is C20H29N3O2. The standard InChI is InChI=1S/C20H29N3O2/c1-15(2)16-8-5-9-17(14-16)21-20(25)18-10-6-13-23(18)19(24)11-7-12-22(3)4/h5,7-9,11,14-15,18H,6,10,12-13H2,1-4H3,(H,21,25)/b11-7+. The first-order chi connectivity index (χ1) is 11.9. The summed E-state index contributed by atoms with van der Waals surface area (Å²) in [5, 5.41) is 2.97. The van der Waals surface area contributed by atoms with Gasteiger partial charge in [-0.05, 0) is 50.6 Å². The van der Waals surface area contributed by atoms with Gasteiger partial charge in [-0.3, -0.25) is 9.59 Å². The van der Waals surface area contributed by atoms with E-state index < -0.39 is 0 Å². The van der Waals surface area contributed by atoms with Crippen LogP contribution in [0.2, 0.25) is 0 Å². The van der Waals surface area contributed by atoms with Crippen LogP contribution in [-0.2, 0) is 9.59 Å². The molecule has 0 saturated carbocycles. The molecule has 1 aromatic carbocycles. The van der Waals surface area contributed by atoms with Gasteiger partial charge >= 0.3 is 0 Å². The van der Waals surface area contributed by atoms with Gasteiger partial charge in [-0.15, -0.1) is 0 Å². The maximum absolute atomic E-state index is 12.7. The number of amides is 2. The minimum Gasteiger partial charge on any atom is -0.327 e. The topological polar surface area (TPSA) is 52.7 Å². The first kappa shape index (κ1) is 19.2. The molecule has 1 aromatic rings. The predicted molar refractivity (Wildman–Crippen MR) is 102 cm³/mol. The van der Waals surface area contributed by atoms with Crippen molar-refractivity contribution in [3.8, 4) is 0 Å². The molecule has 0 aromatic heterocycles. The van der Waals surface area contributed by atoms with Gasteiger partial charge in [-0.1, -0.05) is 32.1 Å². The highest BCUT2D eigenvalue weighted by Gasteiger charge is 2.33. The number of hydrogen-bond acceptors (Lipinski definition) is 3. The molecule has 2 rings (SSSR count). The van der Waals surface area contributed by atoms with Crippen LogP contribution in [0.15, 0.2) is 36.4 Å². The Labute approximate surface area is 150 Å². The first-order valence-electron chi connectivity index (χ1n) is 8.91. The van der Waals surface area contributed by atoms with E-state index in [0.29, 0.717) is 25.4 Å². The van der Waals surface area contributed by atoms with Crippen LogP contribution in [-0.4, -0.2) is 54.8 Å². The normalized spacial score (nSPS) is 17.7. The molecule has 1 unspecified atom stereocenters. The van der Waals surface area contributed by atoms with Gasteiger partial charge in [0.15, 0.2) is 0 Å².